The largest absolute Gasteiger partial charge is 0.703 e. The van der Waals surface area contributed by atoms with Crippen LogP contribution in [-0.4, -0.2) is 10.0 Å². The van der Waals surface area contributed by atoms with Crippen LogP contribution in [0.5, 0.6) is 0 Å². The van der Waals surface area contributed by atoms with Crippen molar-refractivity contribution in [3.8, 4) is 0 Å². The summed E-state index contributed by atoms with van der Waals surface area (Å²) in [5, 5.41) is 12.2. The molecule has 0 spiro atoms. The molecule has 2 aromatic rings. The molecule has 18 heavy (non-hydrogen) atoms. The van der Waals surface area contributed by atoms with Gasteiger partial charge in [0.05, 0.1) is 4.91 Å². The second kappa shape index (κ2) is 4.23. The highest BCUT2D eigenvalue weighted by atomic mass is 16.6. The molecule has 1 fully saturated rings. The maximum atomic E-state index is 11.7. The Bertz CT molecular complexity index is 557. The van der Waals surface area contributed by atoms with Crippen LogP contribution in [0.3, 0.4) is 0 Å². The SMILES string of the molecule is O=[N+]1[C@H](c2ccccc2)[C@@H](c2ccccc2)N1[O-]. The Morgan fingerprint density at radius 3 is 1.94 bits per heavy atom. The van der Waals surface area contributed by atoms with Gasteiger partial charge in [-0.3, -0.25) is 0 Å². The van der Waals surface area contributed by atoms with E-state index in [0.29, 0.717) is 10.0 Å². The van der Waals surface area contributed by atoms with E-state index in [2.05, 4.69) is 0 Å². The van der Waals surface area contributed by atoms with Crippen LogP contribution in [0.25, 0.3) is 0 Å². The molecule has 0 bridgehead atoms. The van der Waals surface area contributed by atoms with Crippen LogP contribution in [0.1, 0.15) is 23.2 Å². The molecule has 0 radical (unpaired) electrons. The molecule has 90 valence electrons. The van der Waals surface area contributed by atoms with Crippen LogP contribution in [0.4, 0.5) is 0 Å². The van der Waals surface area contributed by atoms with Gasteiger partial charge in [0.25, 0.3) is 6.04 Å². The summed E-state index contributed by atoms with van der Waals surface area (Å²) < 4.78 is 0. The Morgan fingerprint density at radius 2 is 1.39 bits per heavy atom. The van der Waals surface area contributed by atoms with Crippen LogP contribution >= 0.6 is 0 Å². The molecule has 3 rings (SSSR count). The molecular weight excluding hydrogens is 228 g/mol. The molecule has 2 atom stereocenters. The van der Waals surface area contributed by atoms with Gasteiger partial charge in [-0.1, -0.05) is 60.7 Å². The summed E-state index contributed by atoms with van der Waals surface area (Å²) in [6, 6.07) is 17.9. The lowest BCUT2D eigenvalue weighted by molar-refractivity contribution is -0.813. The Morgan fingerprint density at radius 1 is 0.889 bits per heavy atom. The van der Waals surface area contributed by atoms with Crippen molar-refractivity contribution < 1.29 is 4.87 Å². The van der Waals surface area contributed by atoms with Crippen molar-refractivity contribution in [2.45, 2.75) is 12.1 Å². The van der Waals surface area contributed by atoms with Crippen LogP contribution in [0.2, 0.25) is 0 Å². The van der Waals surface area contributed by atoms with Crippen LogP contribution in [0.15, 0.2) is 60.7 Å². The molecule has 1 saturated heterocycles. The zero-order chi connectivity index (χ0) is 12.5. The van der Waals surface area contributed by atoms with E-state index in [9.17, 15) is 10.1 Å². The van der Waals surface area contributed by atoms with Gasteiger partial charge in [0.15, 0.2) is 6.04 Å². The number of hydrogen-bond acceptors (Lipinski definition) is 2. The Kier molecular flexibility index (Phi) is 2.57. The number of benzene rings is 2. The minimum atomic E-state index is -0.425. The highest BCUT2D eigenvalue weighted by molar-refractivity contribution is 5.27. The number of nitroso groups, excluding NO2 is 1. The maximum absolute atomic E-state index is 11.7. The van der Waals surface area contributed by atoms with Crippen molar-refractivity contribution in [1.29, 1.82) is 0 Å². The fourth-order valence-corrected chi connectivity index (χ4v) is 2.34. The maximum Gasteiger partial charge on any atom is 0.287 e. The van der Waals surface area contributed by atoms with Gasteiger partial charge < -0.3 is 5.21 Å². The summed E-state index contributed by atoms with van der Waals surface area (Å²) in [7, 11) is 0. The highest BCUT2D eigenvalue weighted by Crippen LogP contribution is 2.44. The summed E-state index contributed by atoms with van der Waals surface area (Å²) >= 11 is 0. The van der Waals surface area contributed by atoms with Crippen molar-refractivity contribution in [3.63, 3.8) is 0 Å². The lowest BCUT2D eigenvalue weighted by Crippen LogP contribution is -2.50. The minimum absolute atomic E-state index is 0.425. The predicted molar refractivity (Wildman–Crippen MR) is 67.2 cm³/mol. The van der Waals surface area contributed by atoms with Gasteiger partial charge >= 0.3 is 0 Å². The first-order chi connectivity index (χ1) is 8.79. The zero-order valence-corrected chi connectivity index (χ0v) is 9.64. The van der Waals surface area contributed by atoms with Crippen molar-refractivity contribution in [2.24, 2.45) is 0 Å². The lowest BCUT2D eigenvalue weighted by atomic mass is 9.91. The molecule has 0 saturated carbocycles. The molecule has 1 heterocycles. The minimum Gasteiger partial charge on any atom is -0.703 e. The topological polar surface area (TPSA) is 46.4 Å². The summed E-state index contributed by atoms with van der Waals surface area (Å²) in [6.07, 6.45) is 0. The summed E-state index contributed by atoms with van der Waals surface area (Å²) in [5.74, 6) is 0. The van der Waals surface area contributed by atoms with E-state index in [1.165, 1.54) is 0 Å². The van der Waals surface area contributed by atoms with Gasteiger partial charge in [0, 0.05) is 5.56 Å². The first kappa shape index (κ1) is 10.9. The first-order valence-electron chi connectivity index (χ1n) is 5.81. The molecule has 1 aliphatic heterocycles. The zero-order valence-electron chi connectivity index (χ0n) is 9.64. The van der Waals surface area contributed by atoms with Gasteiger partial charge in [0.2, 0.25) is 0 Å². The standard InChI is InChI=1S/C14H12N2O2/c17-15-13(11-7-3-1-4-8-11)14(16(15)18)12-9-5-2-6-10-12/h1-10,13-14H/t13-,14-/m1/s1. The van der Waals surface area contributed by atoms with E-state index in [4.69, 9.17) is 0 Å². The molecule has 4 heteroatoms. The Balaban J connectivity index is 1.97. The third-order valence-electron chi connectivity index (χ3n) is 3.25. The van der Waals surface area contributed by atoms with Crippen molar-refractivity contribution >= 4 is 0 Å². The van der Waals surface area contributed by atoms with Crippen LogP contribution in [0, 0.1) is 10.1 Å². The van der Waals surface area contributed by atoms with Crippen LogP contribution in [-0.2, 0) is 0 Å². The third-order valence-corrected chi connectivity index (χ3v) is 3.25. The van der Waals surface area contributed by atoms with E-state index >= 15 is 0 Å². The highest BCUT2D eigenvalue weighted by Gasteiger charge is 2.53. The van der Waals surface area contributed by atoms with E-state index in [0.717, 1.165) is 11.1 Å². The summed E-state index contributed by atoms with van der Waals surface area (Å²) in [4.78, 5) is 12.2. The molecule has 0 N–H and O–H groups in total. The smallest absolute Gasteiger partial charge is 0.287 e. The molecule has 0 aliphatic carbocycles. The number of hydrogen-bond donors (Lipinski definition) is 0. The fourth-order valence-electron chi connectivity index (χ4n) is 2.34. The number of hydroxylamine groups is 1. The van der Waals surface area contributed by atoms with Gasteiger partial charge in [-0.25, -0.2) is 0 Å². The van der Waals surface area contributed by atoms with Crippen molar-refractivity contribution in [2.75, 3.05) is 0 Å². The van der Waals surface area contributed by atoms with E-state index < -0.39 is 12.1 Å². The number of rotatable bonds is 2. The lowest BCUT2D eigenvalue weighted by Gasteiger charge is -2.41. The molecule has 0 amide bonds. The average molecular weight is 240 g/mol. The molecule has 0 unspecified atom stereocenters. The van der Waals surface area contributed by atoms with Gasteiger partial charge in [-0.2, -0.15) is 5.17 Å². The quantitative estimate of drug-likeness (QED) is 0.758. The summed E-state index contributed by atoms with van der Waals surface area (Å²) in [5.41, 5.74) is 1.74. The molecule has 0 aromatic heterocycles. The predicted octanol–water partition coefficient (Wildman–Crippen LogP) is 2.98. The Labute approximate surface area is 105 Å². The second-order valence-corrected chi connectivity index (χ2v) is 4.32. The van der Waals surface area contributed by atoms with Crippen LogP contribution < -0.4 is 0 Å². The van der Waals surface area contributed by atoms with E-state index in [-0.39, 0.29) is 0 Å². The van der Waals surface area contributed by atoms with Gasteiger partial charge in [-0.05, 0) is 5.56 Å². The number of hydrazine groups is 1. The van der Waals surface area contributed by atoms with Crippen molar-refractivity contribution in [3.05, 3.63) is 81.9 Å². The average Bonchev–Trinajstić information content (AvgIpc) is 2.45. The third kappa shape index (κ3) is 1.58. The first-order valence-corrected chi connectivity index (χ1v) is 5.81. The molecular formula is C14H12N2O2. The van der Waals surface area contributed by atoms with Gasteiger partial charge in [-0.15, -0.1) is 0 Å². The normalized spacial score (nSPS) is 22.7. The number of nitrogens with zero attached hydrogens (tertiary/aromatic N) is 2. The fraction of sp³-hybridized carbons (Fsp3) is 0.143. The van der Waals surface area contributed by atoms with E-state index in [1.807, 2.05) is 60.7 Å². The summed E-state index contributed by atoms with van der Waals surface area (Å²) in [6.45, 7) is 0. The van der Waals surface area contributed by atoms with Crippen molar-refractivity contribution in [1.82, 2.24) is 5.17 Å². The van der Waals surface area contributed by atoms with Gasteiger partial charge in [0.1, 0.15) is 4.87 Å². The van der Waals surface area contributed by atoms with E-state index in [1.54, 1.807) is 0 Å². The Hall–Kier alpha value is -2.20. The molecule has 2 aromatic carbocycles. The monoisotopic (exact) mass is 240 g/mol. The second-order valence-electron chi connectivity index (χ2n) is 4.32. The molecule has 1 aliphatic rings. The molecule has 4 nitrogen and oxygen atoms in total.